The fourth-order valence-corrected chi connectivity index (χ4v) is 3.24. The van der Waals surface area contributed by atoms with Crippen molar-refractivity contribution < 1.29 is 9.53 Å². The van der Waals surface area contributed by atoms with Crippen molar-refractivity contribution in [1.82, 2.24) is 4.98 Å². The van der Waals surface area contributed by atoms with Crippen molar-refractivity contribution in [2.75, 3.05) is 12.4 Å². The third-order valence-electron chi connectivity index (χ3n) is 2.25. The number of carbonyl (C=O) groups excluding carboxylic acids is 1. The highest BCUT2D eigenvalue weighted by molar-refractivity contribution is 7.17. The van der Waals surface area contributed by atoms with Crippen LogP contribution in [0.5, 0.6) is 0 Å². The van der Waals surface area contributed by atoms with Gasteiger partial charge in [-0.3, -0.25) is 0 Å². The van der Waals surface area contributed by atoms with E-state index in [-0.39, 0.29) is 12.0 Å². The molecule has 1 N–H and O–H groups in total. The normalized spacial score (nSPS) is 12.2. The summed E-state index contributed by atoms with van der Waals surface area (Å²) in [7, 11) is 1.35. The van der Waals surface area contributed by atoms with E-state index in [4.69, 9.17) is 11.6 Å². The van der Waals surface area contributed by atoms with Gasteiger partial charge in [-0.25, -0.2) is 9.78 Å². The summed E-state index contributed by atoms with van der Waals surface area (Å²) in [5.74, 6) is -0.368. The van der Waals surface area contributed by atoms with E-state index in [1.807, 2.05) is 19.1 Å². The van der Waals surface area contributed by atoms with Crippen LogP contribution < -0.4 is 5.32 Å². The zero-order valence-corrected chi connectivity index (χ0v) is 12.2. The summed E-state index contributed by atoms with van der Waals surface area (Å²) < 4.78 is 5.39. The lowest BCUT2D eigenvalue weighted by atomic mass is 10.3. The van der Waals surface area contributed by atoms with Gasteiger partial charge in [0.15, 0.2) is 5.13 Å². The van der Waals surface area contributed by atoms with E-state index in [2.05, 4.69) is 15.0 Å². The Balaban J connectivity index is 2.05. The number of thiazole rings is 1. The molecule has 2 aromatic rings. The zero-order valence-electron chi connectivity index (χ0n) is 9.77. The third-order valence-corrected chi connectivity index (χ3v) is 4.58. The number of thiophene rings is 1. The lowest BCUT2D eigenvalue weighted by molar-refractivity contribution is 0.0606. The number of aromatic nitrogens is 1. The van der Waals surface area contributed by atoms with E-state index >= 15 is 0 Å². The minimum absolute atomic E-state index is 0.0964. The molecule has 0 spiro atoms. The molecular formula is C11H11ClN2O2S2. The Labute approximate surface area is 118 Å². The molecule has 0 fully saturated rings. The van der Waals surface area contributed by atoms with Gasteiger partial charge in [0.2, 0.25) is 0 Å². The first kappa shape index (κ1) is 13.3. The summed E-state index contributed by atoms with van der Waals surface area (Å²) in [4.78, 5) is 17.0. The minimum Gasteiger partial charge on any atom is -0.465 e. The molecule has 0 aliphatic carbocycles. The van der Waals surface area contributed by atoms with E-state index in [0.29, 0.717) is 10.0 Å². The van der Waals surface area contributed by atoms with Gasteiger partial charge in [0.1, 0.15) is 4.88 Å². The van der Waals surface area contributed by atoms with Crippen molar-refractivity contribution in [2.45, 2.75) is 13.0 Å². The number of esters is 1. The third kappa shape index (κ3) is 3.01. The van der Waals surface area contributed by atoms with Gasteiger partial charge in [0.05, 0.1) is 23.7 Å². The average molecular weight is 303 g/mol. The van der Waals surface area contributed by atoms with Crippen LogP contribution in [-0.4, -0.2) is 18.1 Å². The Morgan fingerprint density at radius 2 is 2.28 bits per heavy atom. The van der Waals surface area contributed by atoms with Crippen LogP contribution >= 0.6 is 34.3 Å². The molecule has 0 aliphatic rings. The first-order chi connectivity index (χ1) is 8.60. The number of hydrogen-bond acceptors (Lipinski definition) is 6. The van der Waals surface area contributed by atoms with Crippen LogP contribution in [0.15, 0.2) is 18.3 Å². The number of nitrogens with zero attached hydrogens (tertiary/aromatic N) is 1. The molecular weight excluding hydrogens is 292 g/mol. The second-order valence-corrected chi connectivity index (χ2v) is 6.31. The number of anilines is 1. The maximum atomic E-state index is 11.3. The van der Waals surface area contributed by atoms with Gasteiger partial charge in [0, 0.05) is 4.88 Å². The maximum Gasteiger partial charge on any atom is 0.349 e. The second kappa shape index (κ2) is 5.69. The van der Waals surface area contributed by atoms with Crippen molar-refractivity contribution in [2.24, 2.45) is 0 Å². The topological polar surface area (TPSA) is 51.2 Å². The largest absolute Gasteiger partial charge is 0.465 e. The number of halogens is 1. The van der Waals surface area contributed by atoms with Crippen LogP contribution in [0.3, 0.4) is 0 Å². The first-order valence-corrected chi connectivity index (χ1v) is 7.17. The molecule has 0 aliphatic heterocycles. The monoisotopic (exact) mass is 302 g/mol. The van der Waals surface area contributed by atoms with Crippen LogP contribution in [0.25, 0.3) is 0 Å². The summed E-state index contributed by atoms with van der Waals surface area (Å²) in [6.07, 6.45) is 1.51. The smallest absolute Gasteiger partial charge is 0.349 e. The van der Waals surface area contributed by atoms with Gasteiger partial charge >= 0.3 is 5.97 Å². The molecule has 18 heavy (non-hydrogen) atoms. The Kier molecular flexibility index (Phi) is 4.21. The Bertz CT molecular complexity index is 553. The molecule has 96 valence electrons. The van der Waals surface area contributed by atoms with E-state index < -0.39 is 0 Å². The van der Waals surface area contributed by atoms with Crippen molar-refractivity contribution in [1.29, 1.82) is 0 Å². The minimum atomic E-state index is -0.368. The number of carbonyl (C=O) groups is 1. The standard InChI is InChI=1S/C11H11ClN2O2S2/c1-6(7-3-4-9(12)17-7)14-11-13-5-8(18-11)10(15)16-2/h3-6H,1-2H3,(H,13,14). The molecule has 4 nitrogen and oxygen atoms in total. The Morgan fingerprint density at radius 3 is 2.89 bits per heavy atom. The van der Waals surface area contributed by atoms with Gasteiger partial charge in [-0.15, -0.1) is 11.3 Å². The molecule has 0 saturated carbocycles. The molecule has 2 heterocycles. The Hall–Kier alpha value is -1.11. The summed E-state index contributed by atoms with van der Waals surface area (Å²) >= 11 is 8.68. The summed E-state index contributed by atoms with van der Waals surface area (Å²) in [5, 5.41) is 3.91. The van der Waals surface area contributed by atoms with Crippen molar-refractivity contribution in [3.05, 3.63) is 32.4 Å². The van der Waals surface area contributed by atoms with Crippen LogP contribution in [0.1, 0.15) is 27.5 Å². The fourth-order valence-electron chi connectivity index (χ4n) is 1.35. The number of rotatable bonds is 4. The van der Waals surface area contributed by atoms with E-state index in [0.717, 1.165) is 9.21 Å². The van der Waals surface area contributed by atoms with Crippen LogP contribution in [0, 0.1) is 0 Å². The maximum absolute atomic E-state index is 11.3. The predicted octanol–water partition coefficient (Wildman–Crippen LogP) is 3.82. The summed E-state index contributed by atoms with van der Waals surface area (Å²) in [6, 6.07) is 3.93. The van der Waals surface area contributed by atoms with E-state index in [1.165, 1.54) is 36.0 Å². The molecule has 1 atom stereocenters. The average Bonchev–Trinajstić information content (AvgIpc) is 2.97. The molecule has 7 heteroatoms. The quantitative estimate of drug-likeness (QED) is 0.872. The molecule has 0 bridgehead atoms. The van der Waals surface area contributed by atoms with E-state index in [9.17, 15) is 4.79 Å². The van der Waals surface area contributed by atoms with Crippen molar-refractivity contribution in [3.8, 4) is 0 Å². The molecule has 2 rings (SSSR count). The van der Waals surface area contributed by atoms with Gasteiger partial charge in [-0.1, -0.05) is 22.9 Å². The highest BCUT2D eigenvalue weighted by atomic mass is 35.5. The van der Waals surface area contributed by atoms with Gasteiger partial charge in [-0.2, -0.15) is 0 Å². The number of methoxy groups -OCH3 is 1. The van der Waals surface area contributed by atoms with Crippen molar-refractivity contribution in [3.63, 3.8) is 0 Å². The molecule has 0 amide bonds. The summed E-state index contributed by atoms with van der Waals surface area (Å²) in [5.41, 5.74) is 0. The van der Waals surface area contributed by atoms with E-state index in [1.54, 1.807) is 0 Å². The lowest BCUT2D eigenvalue weighted by Gasteiger charge is -2.09. The Morgan fingerprint density at radius 1 is 1.50 bits per heavy atom. The number of ether oxygens (including phenoxy) is 1. The highest BCUT2D eigenvalue weighted by Crippen LogP contribution is 2.30. The van der Waals surface area contributed by atoms with Crippen LogP contribution in [0.2, 0.25) is 4.34 Å². The molecule has 2 aromatic heterocycles. The number of nitrogens with one attached hydrogen (secondary N) is 1. The van der Waals surface area contributed by atoms with Gasteiger partial charge in [-0.05, 0) is 19.1 Å². The van der Waals surface area contributed by atoms with Crippen LogP contribution in [-0.2, 0) is 4.74 Å². The molecule has 1 unspecified atom stereocenters. The lowest BCUT2D eigenvalue weighted by Crippen LogP contribution is -2.03. The highest BCUT2D eigenvalue weighted by Gasteiger charge is 2.13. The summed E-state index contributed by atoms with van der Waals surface area (Å²) in [6.45, 7) is 2.02. The molecule has 0 saturated heterocycles. The van der Waals surface area contributed by atoms with Crippen molar-refractivity contribution >= 4 is 45.4 Å². The fraction of sp³-hybridized carbons (Fsp3) is 0.273. The van der Waals surface area contributed by atoms with Gasteiger partial charge in [0.25, 0.3) is 0 Å². The SMILES string of the molecule is COC(=O)c1cnc(NC(C)c2ccc(Cl)s2)s1. The first-order valence-electron chi connectivity index (χ1n) is 5.16. The van der Waals surface area contributed by atoms with Crippen LogP contribution in [0.4, 0.5) is 5.13 Å². The molecule has 0 radical (unpaired) electrons. The molecule has 0 aromatic carbocycles. The second-order valence-electron chi connectivity index (χ2n) is 3.53. The van der Waals surface area contributed by atoms with Gasteiger partial charge < -0.3 is 10.1 Å². The number of hydrogen-bond donors (Lipinski definition) is 1. The predicted molar refractivity (Wildman–Crippen MR) is 74.8 cm³/mol. The zero-order chi connectivity index (χ0) is 13.1.